The van der Waals surface area contributed by atoms with E-state index in [1.54, 1.807) is 4.52 Å². The van der Waals surface area contributed by atoms with Crippen LogP contribution in [0.3, 0.4) is 0 Å². The highest BCUT2D eigenvalue weighted by molar-refractivity contribution is 5.56. The van der Waals surface area contributed by atoms with Crippen LogP contribution in [-0.2, 0) is 0 Å². The van der Waals surface area contributed by atoms with Crippen LogP contribution in [0.2, 0.25) is 0 Å². The Morgan fingerprint density at radius 3 is 2.80 bits per heavy atom. The maximum absolute atomic E-state index is 4.62. The molecule has 0 spiro atoms. The van der Waals surface area contributed by atoms with Crippen molar-refractivity contribution in [2.45, 2.75) is 18.8 Å². The highest BCUT2D eigenvalue weighted by atomic mass is 15.4. The van der Waals surface area contributed by atoms with Crippen molar-refractivity contribution >= 4 is 17.5 Å². The molecule has 2 N–H and O–H groups in total. The summed E-state index contributed by atoms with van der Waals surface area (Å²) in [4.78, 5) is 11.2. The number of aromatic nitrogens is 4. The van der Waals surface area contributed by atoms with Crippen molar-refractivity contribution in [3.05, 3.63) is 11.8 Å². The molecule has 20 heavy (non-hydrogen) atoms. The highest BCUT2D eigenvalue weighted by Gasteiger charge is 2.28. The van der Waals surface area contributed by atoms with Gasteiger partial charge in [0.2, 0.25) is 11.9 Å². The summed E-state index contributed by atoms with van der Waals surface area (Å²) in [5.74, 6) is 2.00. The van der Waals surface area contributed by atoms with Gasteiger partial charge in [-0.25, -0.2) is 0 Å². The van der Waals surface area contributed by atoms with E-state index in [0.29, 0.717) is 17.8 Å². The Morgan fingerprint density at radius 1 is 1.35 bits per heavy atom. The lowest BCUT2D eigenvalue weighted by Crippen LogP contribution is -2.22. The maximum atomic E-state index is 4.62. The summed E-state index contributed by atoms with van der Waals surface area (Å²) in [6.07, 6.45) is 4.40. The Balaban J connectivity index is 1.90. The molecule has 2 aromatic rings. The van der Waals surface area contributed by atoms with Crippen LogP contribution in [0.15, 0.2) is 6.20 Å². The molecular formula is C13H21N7. The lowest BCUT2D eigenvalue weighted by Gasteiger charge is -2.11. The average Bonchev–Trinajstić information content (AvgIpc) is 3.17. The van der Waals surface area contributed by atoms with Crippen molar-refractivity contribution in [3.63, 3.8) is 0 Å². The maximum Gasteiger partial charge on any atom is 0.228 e. The Bertz CT molecular complexity index is 600. The standard InChI is InChI=1S/C13H21N7/c1-14-13-18-12(15-6-7-19(2)3)17-11-10(9-4-5-9)8-16-20(11)13/h8-9H,4-7H2,1-3H3,(H2,14,15,17,18). The number of nitrogens with zero attached hydrogens (tertiary/aromatic N) is 5. The van der Waals surface area contributed by atoms with Crippen LogP contribution in [0.1, 0.15) is 24.3 Å². The van der Waals surface area contributed by atoms with Gasteiger partial charge in [0.1, 0.15) is 0 Å². The molecular weight excluding hydrogens is 254 g/mol. The van der Waals surface area contributed by atoms with Crippen LogP contribution in [-0.4, -0.2) is 58.7 Å². The largest absolute Gasteiger partial charge is 0.357 e. The first-order chi connectivity index (χ1) is 9.69. The molecule has 0 saturated heterocycles. The fourth-order valence-corrected chi connectivity index (χ4v) is 2.21. The third-order valence-electron chi connectivity index (χ3n) is 3.48. The topological polar surface area (TPSA) is 70.4 Å². The first-order valence-corrected chi connectivity index (χ1v) is 7.01. The van der Waals surface area contributed by atoms with E-state index in [4.69, 9.17) is 0 Å². The number of hydrogen-bond donors (Lipinski definition) is 2. The second-order valence-electron chi connectivity index (χ2n) is 5.46. The molecule has 0 radical (unpaired) electrons. The Kier molecular flexibility index (Phi) is 3.43. The van der Waals surface area contributed by atoms with Gasteiger partial charge in [-0.2, -0.15) is 19.6 Å². The zero-order chi connectivity index (χ0) is 14.1. The van der Waals surface area contributed by atoms with Gasteiger partial charge in [0.15, 0.2) is 5.65 Å². The zero-order valence-electron chi connectivity index (χ0n) is 12.2. The van der Waals surface area contributed by atoms with E-state index in [-0.39, 0.29) is 0 Å². The van der Waals surface area contributed by atoms with Crippen LogP contribution >= 0.6 is 0 Å². The number of fused-ring (bicyclic) bond motifs is 1. The lowest BCUT2D eigenvalue weighted by atomic mass is 10.2. The molecule has 2 aromatic heterocycles. The smallest absolute Gasteiger partial charge is 0.228 e. The second kappa shape index (κ2) is 5.24. The minimum atomic E-state index is 0.627. The quantitative estimate of drug-likeness (QED) is 0.820. The second-order valence-corrected chi connectivity index (χ2v) is 5.46. The van der Waals surface area contributed by atoms with Gasteiger partial charge in [0, 0.05) is 25.7 Å². The summed E-state index contributed by atoms with van der Waals surface area (Å²) in [7, 11) is 5.95. The van der Waals surface area contributed by atoms with Crippen molar-refractivity contribution in [3.8, 4) is 0 Å². The predicted octanol–water partition coefficient (Wildman–Crippen LogP) is 1.02. The minimum Gasteiger partial charge on any atom is -0.357 e. The molecule has 2 heterocycles. The van der Waals surface area contributed by atoms with Crippen LogP contribution in [0, 0.1) is 0 Å². The molecule has 0 aromatic carbocycles. The fourth-order valence-electron chi connectivity index (χ4n) is 2.21. The number of likely N-dealkylation sites (N-methyl/N-ethyl adjacent to an activating group) is 1. The molecule has 3 rings (SSSR count). The normalized spacial score (nSPS) is 15.0. The van der Waals surface area contributed by atoms with Crippen molar-refractivity contribution in [2.75, 3.05) is 44.9 Å². The fraction of sp³-hybridized carbons (Fsp3) is 0.615. The van der Waals surface area contributed by atoms with Gasteiger partial charge in [-0.15, -0.1) is 0 Å². The molecule has 7 heteroatoms. The number of nitrogens with one attached hydrogen (secondary N) is 2. The van der Waals surface area contributed by atoms with E-state index >= 15 is 0 Å². The van der Waals surface area contributed by atoms with E-state index in [2.05, 4.69) is 30.6 Å². The summed E-state index contributed by atoms with van der Waals surface area (Å²) >= 11 is 0. The molecule has 0 aliphatic heterocycles. The van der Waals surface area contributed by atoms with E-state index in [9.17, 15) is 0 Å². The van der Waals surface area contributed by atoms with Gasteiger partial charge in [0.05, 0.1) is 6.20 Å². The van der Waals surface area contributed by atoms with E-state index < -0.39 is 0 Å². The van der Waals surface area contributed by atoms with Crippen molar-refractivity contribution in [1.82, 2.24) is 24.5 Å². The first kappa shape index (κ1) is 13.1. The SMILES string of the molecule is CNc1nc(NCCN(C)C)nc2c(C3CC3)cnn12. The summed E-state index contributed by atoms with van der Waals surface area (Å²) in [6.45, 7) is 1.76. The van der Waals surface area contributed by atoms with Crippen molar-refractivity contribution < 1.29 is 0 Å². The van der Waals surface area contributed by atoms with Crippen LogP contribution < -0.4 is 10.6 Å². The van der Waals surface area contributed by atoms with E-state index in [1.807, 2.05) is 27.3 Å². The van der Waals surface area contributed by atoms with Crippen LogP contribution in [0.25, 0.3) is 5.65 Å². The summed E-state index contributed by atoms with van der Waals surface area (Å²) in [5, 5.41) is 10.7. The molecule has 0 amide bonds. The van der Waals surface area contributed by atoms with Gasteiger partial charge in [0.25, 0.3) is 0 Å². The van der Waals surface area contributed by atoms with Gasteiger partial charge >= 0.3 is 0 Å². The monoisotopic (exact) mass is 275 g/mol. The van der Waals surface area contributed by atoms with Crippen LogP contribution in [0.4, 0.5) is 11.9 Å². The molecule has 1 saturated carbocycles. The summed E-state index contributed by atoms with van der Waals surface area (Å²) in [5.41, 5.74) is 2.15. The van der Waals surface area contributed by atoms with Gasteiger partial charge in [-0.05, 0) is 32.9 Å². The minimum absolute atomic E-state index is 0.627. The third kappa shape index (κ3) is 2.53. The average molecular weight is 275 g/mol. The summed E-state index contributed by atoms with van der Waals surface area (Å²) < 4.78 is 1.78. The number of anilines is 2. The number of hydrogen-bond acceptors (Lipinski definition) is 6. The molecule has 0 atom stereocenters. The molecule has 1 fully saturated rings. The molecule has 7 nitrogen and oxygen atoms in total. The third-order valence-corrected chi connectivity index (χ3v) is 3.48. The first-order valence-electron chi connectivity index (χ1n) is 7.01. The molecule has 1 aliphatic carbocycles. The zero-order valence-corrected chi connectivity index (χ0v) is 12.2. The molecule has 0 bridgehead atoms. The molecule has 108 valence electrons. The van der Waals surface area contributed by atoms with Gasteiger partial charge in [-0.1, -0.05) is 0 Å². The molecule has 0 unspecified atom stereocenters. The Hall–Kier alpha value is -1.89. The van der Waals surface area contributed by atoms with E-state index in [1.165, 1.54) is 18.4 Å². The van der Waals surface area contributed by atoms with Crippen LogP contribution in [0.5, 0.6) is 0 Å². The molecule has 1 aliphatic rings. The summed E-state index contributed by atoms with van der Waals surface area (Å²) in [6, 6.07) is 0. The van der Waals surface area contributed by atoms with E-state index in [0.717, 1.165) is 18.7 Å². The van der Waals surface area contributed by atoms with Crippen molar-refractivity contribution in [1.29, 1.82) is 0 Å². The Labute approximate surface area is 118 Å². The Morgan fingerprint density at radius 2 is 2.15 bits per heavy atom. The highest BCUT2D eigenvalue weighted by Crippen LogP contribution is 2.41. The van der Waals surface area contributed by atoms with Crippen molar-refractivity contribution in [2.24, 2.45) is 0 Å². The number of rotatable bonds is 6. The lowest BCUT2D eigenvalue weighted by molar-refractivity contribution is 0.425. The van der Waals surface area contributed by atoms with Gasteiger partial charge < -0.3 is 15.5 Å². The van der Waals surface area contributed by atoms with Gasteiger partial charge in [-0.3, -0.25) is 0 Å². The predicted molar refractivity (Wildman–Crippen MR) is 79.3 cm³/mol.